The van der Waals surface area contributed by atoms with Crippen LogP contribution in [0.25, 0.3) is 0 Å². The van der Waals surface area contributed by atoms with E-state index in [4.69, 9.17) is 4.98 Å². The van der Waals surface area contributed by atoms with Gasteiger partial charge in [-0.1, -0.05) is 36.4 Å². The second-order valence-corrected chi connectivity index (χ2v) is 5.99. The van der Waals surface area contributed by atoms with Gasteiger partial charge in [0.25, 0.3) is 0 Å². The van der Waals surface area contributed by atoms with Gasteiger partial charge in [-0.2, -0.15) is 4.98 Å². The maximum atomic E-state index is 4.81. The topological polar surface area (TPSA) is 32.3 Å². The van der Waals surface area contributed by atoms with Crippen LogP contribution in [0.1, 0.15) is 12.0 Å². The summed E-state index contributed by atoms with van der Waals surface area (Å²) in [6, 6.07) is 20.7. The molecule has 0 bridgehead atoms. The molecule has 0 fully saturated rings. The average Bonchev–Trinajstić information content (AvgIpc) is 2.68. The summed E-state index contributed by atoms with van der Waals surface area (Å²) in [5.41, 5.74) is 3.71. The molecular weight excluding hydrogens is 296 g/mol. The summed E-state index contributed by atoms with van der Waals surface area (Å²) >= 11 is 0. The highest BCUT2D eigenvalue weighted by molar-refractivity contribution is 5.65. The third kappa shape index (κ3) is 2.71. The third-order valence-electron chi connectivity index (χ3n) is 4.47. The highest BCUT2D eigenvalue weighted by Gasteiger charge is 2.20. The molecule has 0 unspecified atom stereocenters. The van der Waals surface area contributed by atoms with E-state index in [0.717, 1.165) is 36.8 Å². The van der Waals surface area contributed by atoms with E-state index < -0.39 is 0 Å². The first-order chi connectivity index (χ1) is 11.8. The largest absolute Gasteiger partial charge is 0.329 e. The minimum absolute atomic E-state index is 0.766. The van der Waals surface area contributed by atoms with Crippen molar-refractivity contribution < 1.29 is 0 Å². The molecule has 2 heterocycles. The number of nitrogens with zero attached hydrogens (tertiary/aromatic N) is 4. The zero-order valence-electron chi connectivity index (χ0n) is 13.8. The van der Waals surface area contributed by atoms with Crippen LogP contribution in [0.15, 0.2) is 66.9 Å². The van der Waals surface area contributed by atoms with Gasteiger partial charge in [0.05, 0.1) is 0 Å². The quantitative estimate of drug-likeness (QED) is 0.720. The van der Waals surface area contributed by atoms with Gasteiger partial charge in [0.1, 0.15) is 5.82 Å². The number of rotatable bonds is 3. The fourth-order valence-corrected chi connectivity index (χ4v) is 3.18. The highest BCUT2D eigenvalue weighted by atomic mass is 15.3. The van der Waals surface area contributed by atoms with Crippen molar-refractivity contribution >= 4 is 23.1 Å². The van der Waals surface area contributed by atoms with E-state index >= 15 is 0 Å². The summed E-state index contributed by atoms with van der Waals surface area (Å²) in [5, 5.41) is 0. The van der Waals surface area contributed by atoms with Crippen molar-refractivity contribution in [2.45, 2.75) is 12.8 Å². The monoisotopic (exact) mass is 316 g/mol. The number of anilines is 4. The van der Waals surface area contributed by atoms with Crippen molar-refractivity contribution in [3.63, 3.8) is 0 Å². The lowest BCUT2D eigenvalue weighted by Gasteiger charge is -2.30. The molecule has 4 heteroatoms. The summed E-state index contributed by atoms with van der Waals surface area (Å²) in [6.07, 6.45) is 4.09. The maximum Gasteiger partial charge on any atom is 0.231 e. The van der Waals surface area contributed by atoms with Crippen LogP contribution in [0.2, 0.25) is 0 Å². The fourth-order valence-electron chi connectivity index (χ4n) is 3.18. The van der Waals surface area contributed by atoms with Gasteiger partial charge in [-0.25, -0.2) is 4.98 Å². The van der Waals surface area contributed by atoms with E-state index in [2.05, 4.69) is 51.2 Å². The van der Waals surface area contributed by atoms with Crippen molar-refractivity contribution in [2.24, 2.45) is 0 Å². The van der Waals surface area contributed by atoms with E-state index in [-0.39, 0.29) is 0 Å². The lowest BCUT2D eigenvalue weighted by molar-refractivity contribution is 0.750. The van der Waals surface area contributed by atoms with Gasteiger partial charge in [-0.05, 0) is 42.7 Å². The fraction of sp³-hybridized carbons (Fsp3) is 0.200. The van der Waals surface area contributed by atoms with Gasteiger partial charge in [-0.15, -0.1) is 0 Å². The second kappa shape index (κ2) is 6.32. The first-order valence-electron chi connectivity index (χ1n) is 8.30. The predicted octanol–water partition coefficient (Wildman–Crippen LogP) is 4.33. The van der Waals surface area contributed by atoms with Gasteiger partial charge in [-0.3, -0.25) is 0 Å². The Bertz CT molecular complexity index is 832. The van der Waals surface area contributed by atoms with Gasteiger partial charge >= 0.3 is 0 Å². The number of para-hydroxylation sites is 2. The number of aromatic nitrogens is 2. The van der Waals surface area contributed by atoms with Crippen LogP contribution >= 0.6 is 0 Å². The molecule has 3 aromatic rings. The van der Waals surface area contributed by atoms with Crippen LogP contribution in [-0.4, -0.2) is 23.6 Å². The molecule has 0 aliphatic carbocycles. The van der Waals surface area contributed by atoms with Gasteiger partial charge < -0.3 is 9.80 Å². The molecule has 0 atom stereocenters. The molecule has 0 saturated carbocycles. The first kappa shape index (κ1) is 14.7. The Morgan fingerprint density at radius 3 is 2.62 bits per heavy atom. The zero-order valence-corrected chi connectivity index (χ0v) is 13.8. The molecule has 0 saturated heterocycles. The number of hydrogen-bond acceptors (Lipinski definition) is 4. The SMILES string of the molecule is CN(c1ccccc1)c1ccnc(N2CCCc3ccccc32)n1. The number of aryl methyl sites for hydroxylation is 1. The summed E-state index contributed by atoms with van der Waals surface area (Å²) in [6.45, 7) is 0.954. The smallest absolute Gasteiger partial charge is 0.231 e. The minimum atomic E-state index is 0.766. The molecule has 2 aromatic carbocycles. The lowest BCUT2D eigenvalue weighted by atomic mass is 10.0. The van der Waals surface area contributed by atoms with Crippen LogP contribution in [0, 0.1) is 0 Å². The Labute approximate surface area is 142 Å². The average molecular weight is 316 g/mol. The Kier molecular flexibility index (Phi) is 3.87. The molecule has 24 heavy (non-hydrogen) atoms. The molecule has 0 amide bonds. The molecule has 0 radical (unpaired) electrons. The standard InChI is InChI=1S/C20H20N4/c1-23(17-10-3-2-4-11-17)19-13-14-21-20(22-19)24-15-7-9-16-8-5-6-12-18(16)24/h2-6,8,10-14H,7,9,15H2,1H3. The van der Waals surface area contributed by atoms with E-state index in [1.165, 1.54) is 11.3 Å². The Morgan fingerprint density at radius 1 is 0.958 bits per heavy atom. The van der Waals surface area contributed by atoms with Crippen LogP contribution in [0.4, 0.5) is 23.1 Å². The first-order valence-corrected chi connectivity index (χ1v) is 8.30. The van der Waals surface area contributed by atoms with Crippen LogP contribution in [0.5, 0.6) is 0 Å². The molecule has 1 aromatic heterocycles. The van der Waals surface area contributed by atoms with E-state index in [1.807, 2.05) is 37.5 Å². The molecular formula is C20H20N4. The van der Waals surface area contributed by atoms with Crippen LogP contribution in [0.3, 0.4) is 0 Å². The van der Waals surface area contributed by atoms with Crippen molar-refractivity contribution in [1.29, 1.82) is 0 Å². The molecule has 120 valence electrons. The molecule has 1 aliphatic heterocycles. The Balaban J connectivity index is 1.69. The second-order valence-electron chi connectivity index (χ2n) is 5.99. The van der Waals surface area contributed by atoms with Crippen molar-refractivity contribution in [2.75, 3.05) is 23.4 Å². The summed E-state index contributed by atoms with van der Waals surface area (Å²) in [5.74, 6) is 1.66. The molecule has 1 aliphatic rings. The van der Waals surface area contributed by atoms with Crippen LogP contribution < -0.4 is 9.80 Å². The Hall–Kier alpha value is -2.88. The number of fused-ring (bicyclic) bond motifs is 1. The minimum Gasteiger partial charge on any atom is -0.329 e. The number of benzene rings is 2. The maximum absolute atomic E-state index is 4.81. The third-order valence-corrected chi connectivity index (χ3v) is 4.47. The van der Waals surface area contributed by atoms with Crippen LogP contribution in [-0.2, 0) is 6.42 Å². The molecule has 4 nitrogen and oxygen atoms in total. The van der Waals surface area contributed by atoms with Crippen molar-refractivity contribution in [3.8, 4) is 0 Å². The summed E-state index contributed by atoms with van der Waals surface area (Å²) in [4.78, 5) is 13.6. The molecule has 0 spiro atoms. The van der Waals surface area contributed by atoms with E-state index in [1.54, 1.807) is 0 Å². The summed E-state index contributed by atoms with van der Waals surface area (Å²) in [7, 11) is 2.03. The predicted molar refractivity (Wildman–Crippen MR) is 98.3 cm³/mol. The lowest BCUT2D eigenvalue weighted by Crippen LogP contribution is -2.26. The van der Waals surface area contributed by atoms with E-state index in [0.29, 0.717) is 0 Å². The van der Waals surface area contributed by atoms with Gasteiger partial charge in [0.15, 0.2) is 0 Å². The van der Waals surface area contributed by atoms with E-state index in [9.17, 15) is 0 Å². The Morgan fingerprint density at radius 2 is 1.75 bits per heavy atom. The van der Waals surface area contributed by atoms with Crippen molar-refractivity contribution in [3.05, 3.63) is 72.4 Å². The van der Waals surface area contributed by atoms with Gasteiger partial charge in [0, 0.05) is 31.2 Å². The highest BCUT2D eigenvalue weighted by Crippen LogP contribution is 2.32. The zero-order chi connectivity index (χ0) is 16.4. The summed E-state index contributed by atoms with van der Waals surface area (Å²) < 4.78 is 0. The normalized spacial score (nSPS) is 13.5. The number of hydrogen-bond donors (Lipinski definition) is 0. The van der Waals surface area contributed by atoms with Gasteiger partial charge in [0.2, 0.25) is 5.95 Å². The molecule has 0 N–H and O–H groups in total. The molecule has 4 rings (SSSR count). The van der Waals surface area contributed by atoms with Crippen molar-refractivity contribution in [1.82, 2.24) is 9.97 Å².